The van der Waals surface area contributed by atoms with Crippen molar-refractivity contribution in [3.8, 4) is 0 Å². The van der Waals surface area contributed by atoms with E-state index in [4.69, 9.17) is 4.74 Å². The number of amides is 1. The number of likely N-dealkylation sites (tertiary alicyclic amines) is 1. The van der Waals surface area contributed by atoms with Gasteiger partial charge in [-0.3, -0.25) is 4.79 Å². The molecular formula is C9H15NO2. The fraction of sp³-hybridized carbons (Fsp3) is 0.889. The lowest BCUT2D eigenvalue weighted by Gasteiger charge is -2.18. The molecule has 1 atom stereocenters. The summed E-state index contributed by atoms with van der Waals surface area (Å²) in [6.07, 6.45) is 3.29. The highest BCUT2D eigenvalue weighted by molar-refractivity contribution is 5.79. The van der Waals surface area contributed by atoms with E-state index in [0.29, 0.717) is 12.5 Å². The predicted molar refractivity (Wildman–Crippen MR) is 44.7 cm³/mol. The largest absolute Gasteiger partial charge is 0.381 e. The monoisotopic (exact) mass is 169 g/mol. The third kappa shape index (κ3) is 1.46. The van der Waals surface area contributed by atoms with Gasteiger partial charge in [0.1, 0.15) is 0 Å². The van der Waals surface area contributed by atoms with Crippen LogP contribution in [0.4, 0.5) is 0 Å². The highest BCUT2D eigenvalue weighted by atomic mass is 16.5. The van der Waals surface area contributed by atoms with Gasteiger partial charge in [0.15, 0.2) is 0 Å². The van der Waals surface area contributed by atoms with E-state index in [9.17, 15) is 4.79 Å². The zero-order chi connectivity index (χ0) is 8.39. The zero-order valence-electron chi connectivity index (χ0n) is 7.29. The van der Waals surface area contributed by atoms with Crippen molar-refractivity contribution in [2.24, 2.45) is 5.92 Å². The lowest BCUT2D eigenvalue weighted by Crippen LogP contribution is -2.33. The highest BCUT2D eigenvalue weighted by Gasteiger charge is 2.29. The normalized spacial score (nSPS) is 29.7. The number of nitrogens with zero attached hydrogens (tertiary/aromatic N) is 1. The maximum Gasteiger partial charge on any atom is 0.228 e. The molecule has 1 amide bonds. The molecule has 0 aromatic rings. The standard InChI is InChI=1S/C9H15NO2/c11-9(8-3-6-12-7-8)10-4-1-2-5-10/h8H,1-7H2/t8-/m0/s1. The van der Waals surface area contributed by atoms with Crippen molar-refractivity contribution in [1.29, 1.82) is 0 Å². The SMILES string of the molecule is O=C([C@H]1CCOC1)N1CCCC1. The average molecular weight is 169 g/mol. The molecule has 0 aromatic carbocycles. The Hall–Kier alpha value is -0.570. The summed E-state index contributed by atoms with van der Waals surface area (Å²) < 4.78 is 5.19. The molecule has 12 heavy (non-hydrogen) atoms. The van der Waals surface area contributed by atoms with Gasteiger partial charge < -0.3 is 9.64 Å². The molecule has 2 saturated heterocycles. The summed E-state index contributed by atoms with van der Waals surface area (Å²) in [6.45, 7) is 3.35. The van der Waals surface area contributed by atoms with Crippen LogP contribution < -0.4 is 0 Å². The van der Waals surface area contributed by atoms with E-state index in [1.807, 2.05) is 4.90 Å². The minimum atomic E-state index is 0.170. The van der Waals surface area contributed by atoms with E-state index in [1.54, 1.807) is 0 Å². The molecule has 3 nitrogen and oxygen atoms in total. The summed E-state index contributed by atoms with van der Waals surface area (Å²) in [5, 5.41) is 0. The minimum absolute atomic E-state index is 0.170. The number of carbonyl (C=O) groups excluding carboxylic acids is 1. The quantitative estimate of drug-likeness (QED) is 0.576. The lowest BCUT2D eigenvalue weighted by atomic mass is 10.1. The second-order valence-electron chi connectivity index (χ2n) is 3.59. The van der Waals surface area contributed by atoms with E-state index in [2.05, 4.69) is 0 Å². The number of carbonyl (C=O) groups is 1. The van der Waals surface area contributed by atoms with E-state index < -0.39 is 0 Å². The molecular weight excluding hydrogens is 154 g/mol. The number of hydrogen-bond acceptors (Lipinski definition) is 2. The van der Waals surface area contributed by atoms with Crippen molar-refractivity contribution in [2.45, 2.75) is 19.3 Å². The third-order valence-electron chi connectivity index (χ3n) is 2.70. The molecule has 2 rings (SSSR count). The van der Waals surface area contributed by atoms with Gasteiger partial charge in [-0.15, -0.1) is 0 Å². The maximum absolute atomic E-state index is 11.7. The van der Waals surface area contributed by atoms with Gasteiger partial charge >= 0.3 is 0 Å². The van der Waals surface area contributed by atoms with Crippen LogP contribution >= 0.6 is 0 Å². The summed E-state index contributed by atoms with van der Waals surface area (Å²) in [5.74, 6) is 0.494. The molecule has 0 saturated carbocycles. The Morgan fingerprint density at radius 1 is 1.33 bits per heavy atom. The first-order chi connectivity index (χ1) is 5.88. The summed E-state index contributed by atoms with van der Waals surface area (Å²) in [6, 6.07) is 0. The van der Waals surface area contributed by atoms with Gasteiger partial charge in [-0.25, -0.2) is 0 Å². The number of ether oxygens (including phenoxy) is 1. The Kier molecular flexibility index (Phi) is 2.30. The van der Waals surface area contributed by atoms with Crippen LogP contribution in [0.15, 0.2) is 0 Å². The summed E-state index contributed by atoms with van der Waals surface area (Å²) >= 11 is 0. The Morgan fingerprint density at radius 2 is 2.08 bits per heavy atom. The molecule has 0 bridgehead atoms. The van der Waals surface area contributed by atoms with Crippen molar-refractivity contribution >= 4 is 5.91 Å². The fourth-order valence-corrected chi connectivity index (χ4v) is 1.92. The van der Waals surface area contributed by atoms with E-state index in [1.165, 1.54) is 12.8 Å². The van der Waals surface area contributed by atoms with Crippen molar-refractivity contribution < 1.29 is 9.53 Å². The van der Waals surface area contributed by atoms with Crippen LogP contribution in [0, 0.1) is 5.92 Å². The van der Waals surface area contributed by atoms with Gasteiger partial charge in [-0.2, -0.15) is 0 Å². The summed E-state index contributed by atoms with van der Waals surface area (Å²) in [5.41, 5.74) is 0. The van der Waals surface area contributed by atoms with E-state index in [0.717, 1.165) is 26.1 Å². The molecule has 2 aliphatic heterocycles. The first-order valence-corrected chi connectivity index (χ1v) is 4.74. The maximum atomic E-state index is 11.7. The molecule has 2 aliphatic rings. The molecule has 2 fully saturated rings. The van der Waals surface area contributed by atoms with Crippen LogP contribution in [0.5, 0.6) is 0 Å². The first-order valence-electron chi connectivity index (χ1n) is 4.74. The van der Waals surface area contributed by atoms with Gasteiger partial charge in [-0.1, -0.05) is 0 Å². The Bertz CT molecular complexity index is 151. The second kappa shape index (κ2) is 3.44. The van der Waals surface area contributed by atoms with Crippen LogP contribution in [-0.4, -0.2) is 37.1 Å². The topological polar surface area (TPSA) is 29.5 Å². The van der Waals surface area contributed by atoms with E-state index in [-0.39, 0.29) is 5.92 Å². The molecule has 0 N–H and O–H groups in total. The van der Waals surface area contributed by atoms with Crippen LogP contribution in [-0.2, 0) is 9.53 Å². The predicted octanol–water partition coefficient (Wildman–Crippen LogP) is 0.645. The number of hydrogen-bond donors (Lipinski definition) is 0. The lowest BCUT2D eigenvalue weighted by molar-refractivity contribution is -0.134. The van der Waals surface area contributed by atoms with Crippen molar-refractivity contribution in [3.05, 3.63) is 0 Å². The molecule has 0 spiro atoms. The molecule has 0 radical (unpaired) electrons. The van der Waals surface area contributed by atoms with Gasteiger partial charge in [0.25, 0.3) is 0 Å². The van der Waals surface area contributed by atoms with Gasteiger partial charge in [0.2, 0.25) is 5.91 Å². The molecule has 0 aliphatic carbocycles. The van der Waals surface area contributed by atoms with Gasteiger partial charge in [0.05, 0.1) is 12.5 Å². The minimum Gasteiger partial charge on any atom is -0.381 e. The van der Waals surface area contributed by atoms with Crippen LogP contribution in [0.2, 0.25) is 0 Å². The van der Waals surface area contributed by atoms with E-state index >= 15 is 0 Å². The van der Waals surface area contributed by atoms with Crippen LogP contribution in [0.25, 0.3) is 0 Å². The van der Waals surface area contributed by atoms with Gasteiger partial charge in [0, 0.05) is 19.7 Å². The molecule has 0 unspecified atom stereocenters. The average Bonchev–Trinajstić information content (AvgIpc) is 2.77. The molecule has 68 valence electrons. The third-order valence-corrected chi connectivity index (χ3v) is 2.70. The fourth-order valence-electron chi connectivity index (χ4n) is 1.92. The molecule has 0 aromatic heterocycles. The van der Waals surface area contributed by atoms with Crippen LogP contribution in [0.3, 0.4) is 0 Å². The van der Waals surface area contributed by atoms with Crippen molar-refractivity contribution in [1.82, 2.24) is 4.90 Å². The Balaban J connectivity index is 1.89. The van der Waals surface area contributed by atoms with Crippen LogP contribution in [0.1, 0.15) is 19.3 Å². The number of rotatable bonds is 1. The van der Waals surface area contributed by atoms with Gasteiger partial charge in [-0.05, 0) is 19.3 Å². The second-order valence-corrected chi connectivity index (χ2v) is 3.59. The van der Waals surface area contributed by atoms with Crippen molar-refractivity contribution in [2.75, 3.05) is 26.3 Å². The highest BCUT2D eigenvalue weighted by Crippen LogP contribution is 2.18. The Labute approximate surface area is 72.7 Å². The smallest absolute Gasteiger partial charge is 0.228 e. The molecule has 3 heteroatoms. The van der Waals surface area contributed by atoms with Crippen molar-refractivity contribution in [3.63, 3.8) is 0 Å². The summed E-state index contributed by atoms with van der Waals surface area (Å²) in [7, 11) is 0. The molecule has 2 heterocycles. The zero-order valence-corrected chi connectivity index (χ0v) is 7.29. The Morgan fingerprint density at radius 3 is 2.67 bits per heavy atom. The summed E-state index contributed by atoms with van der Waals surface area (Å²) in [4.78, 5) is 13.7. The first kappa shape index (κ1) is 8.05.